The lowest BCUT2D eigenvalue weighted by Crippen LogP contribution is -2.30. The normalized spacial score (nSPS) is 12.8. The highest BCUT2D eigenvalue weighted by atomic mass is 35.5. The smallest absolute Gasteiger partial charge is 0.0834 e. The van der Waals surface area contributed by atoms with Crippen molar-refractivity contribution in [1.82, 2.24) is 15.2 Å². The summed E-state index contributed by atoms with van der Waals surface area (Å²) >= 11 is 6.20. The second-order valence-electron chi connectivity index (χ2n) is 4.97. The standard InChI is InChI=1S/C14H27ClN4/c1-3-5-6-7-8-9-10-13(18-16)14-12(15)11-17-19(14)4-2/h11,13,18H,3-10,16H2,1-2H3. The number of aryl methyl sites for hydroxylation is 1. The molecule has 4 nitrogen and oxygen atoms in total. The summed E-state index contributed by atoms with van der Waals surface area (Å²) < 4.78 is 1.92. The zero-order chi connectivity index (χ0) is 14.1. The van der Waals surface area contributed by atoms with Crippen LogP contribution in [0.2, 0.25) is 5.02 Å². The molecule has 1 aromatic rings. The molecule has 1 atom stereocenters. The number of hydrogen-bond acceptors (Lipinski definition) is 3. The molecule has 0 aliphatic carbocycles. The first-order valence-corrected chi connectivity index (χ1v) is 7.79. The van der Waals surface area contributed by atoms with Gasteiger partial charge < -0.3 is 0 Å². The zero-order valence-electron chi connectivity index (χ0n) is 12.2. The fourth-order valence-electron chi connectivity index (χ4n) is 2.40. The van der Waals surface area contributed by atoms with Gasteiger partial charge in [-0.15, -0.1) is 0 Å². The van der Waals surface area contributed by atoms with Crippen molar-refractivity contribution in [2.75, 3.05) is 0 Å². The van der Waals surface area contributed by atoms with Crippen molar-refractivity contribution in [1.29, 1.82) is 0 Å². The molecule has 0 fully saturated rings. The second kappa shape index (κ2) is 9.34. The molecule has 1 aromatic heterocycles. The molecule has 0 amide bonds. The van der Waals surface area contributed by atoms with E-state index in [1.54, 1.807) is 6.20 Å². The lowest BCUT2D eigenvalue weighted by molar-refractivity contribution is 0.443. The molecule has 19 heavy (non-hydrogen) atoms. The Hall–Kier alpha value is -0.580. The summed E-state index contributed by atoms with van der Waals surface area (Å²) in [7, 11) is 0. The van der Waals surface area contributed by atoms with Crippen LogP contribution in [0.15, 0.2) is 6.20 Å². The highest BCUT2D eigenvalue weighted by Gasteiger charge is 2.18. The summed E-state index contributed by atoms with van der Waals surface area (Å²) in [6.07, 6.45) is 10.4. The van der Waals surface area contributed by atoms with E-state index in [2.05, 4.69) is 24.4 Å². The van der Waals surface area contributed by atoms with Gasteiger partial charge in [0.1, 0.15) is 0 Å². The van der Waals surface area contributed by atoms with E-state index in [1.165, 1.54) is 38.5 Å². The van der Waals surface area contributed by atoms with Crippen molar-refractivity contribution in [2.45, 2.75) is 71.4 Å². The fraction of sp³-hybridized carbons (Fsp3) is 0.786. The van der Waals surface area contributed by atoms with Crippen LogP contribution in [0.1, 0.15) is 70.5 Å². The summed E-state index contributed by atoms with van der Waals surface area (Å²) in [6, 6.07) is 0.0983. The fourth-order valence-corrected chi connectivity index (χ4v) is 2.67. The molecule has 0 saturated carbocycles. The van der Waals surface area contributed by atoms with Gasteiger partial charge in [0, 0.05) is 6.54 Å². The quantitative estimate of drug-likeness (QED) is 0.391. The van der Waals surface area contributed by atoms with Crippen LogP contribution in [0, 0.1) is 0 Å². The van der Waals surface area contributed by atoms with E-state index in [9.17, 15) is 0 Å². The number of hydrazine groups is 1. The first kappa shape index (κ1) is 16.5. The van der Waals surface area contributed by atoms with Crippen LogP contribution in [0.25, 0.3) is 0 Å². The summed E-state index contributed by atoms with van der Waals surface area (Å²) in [6.45, 7) is 5.12. The number of nitrogens with two attached hydrogens (primary N) is 1. The molecule has 3 N–H and O–H groups in total. The molecule has 0 bridgehead atoms. The molecule has 0 aliphatic heterocycles. The summed E-state index contributed by atoms with van der Waals surface area (Å²) in [4.78, 5) is 0. The van der Waals surface area contributed by atoms with Gasteiger partial charge in [0.2, 0.25) is 0 Å². The number of unbranched alkanes of at least 4 members (excludes halogenated alkanes) is 5. The van der Waals surface area contributed by atoms with E-state index in [-0.39, 0.29) is 6.04 Å². The topological polar surface area (TPSA) is 55.9 Å². The van der Waals surface area contributed by atoms with Crippen LogP contribution >= 0.6 is 11.6 Å². The largest absolute Gasteiger partial charge is 0.271 e. The number of aromatic nitrogens is 2. The molecule has 1 rings (SSSR count). The Balaban J connectivity index is 2.42. The SMILES string of the molecule is CCCCCCCCC(NN)c1c(Cl)cnn1CC. The predicted octanol–water partition coefficient (Wildman–Crippen LogP) is 3.81. The van der Waals surface area contributed by atoms with Crippen molar-refractivity contribution < 1.29 is 0 Å². The molecular weight excluding hydrogens is 260 g/mol. The highest BCUT2D eigenvalue weighted by molar-refractivity contribution is 6.31. The van der Waals surface area contributed by atoms with Crippen LogP contribution in [0.4, 0.5) is 0 Å². The van der Waals surface area contributed by atoms with Crippen LogP contribution in [-0.4, -0.2) is 9.78 Å². The van der Waals surface area contributed by atoms with Gasteiger partial charge in [-0.3, -0.25) is 16.0 Å². The van der Waals surface area contributed by atoms with Crippen molar-refractivity contribution in [3.8, 4) is 0 Å². The number of nitrogens with zero attached hydrogens (tertiary/aromatic N) is 2. The first-order valence-electron chi connectivity index (χ1n) is 7.41. The Kier molecular flexibility index (Phi) is 8.10. The van der Waals surface area contributed by atoms with E-state index in [0.29, 0.717) is 5.02 Å². The zero-order valence-corrected chi connectivity index (χ0v) is 12.9. The third-order valence-electron chi connectivity index (χ3n) is 3.51. The van der Waals surface area contributed by atoms with Gasteiger partial charge in [-0.2, -0.15) is 5.10 Å². The molecule has 110 valence electrons. The first-order chi connectivity index (χ1) is 9.24. The third kappa shape index (κ3) is 5.13. The van der Waals surface area contributed by atoms with Gasteiger partial charge in [-0.1, -0.05) is 57.0 Å². The minimum absolute atomic E-state index is 0.0983. The summed E-state index contributed by atoms with van der Waals surface area (Å²) in [5.74, 6) is 5.67. The predicted molar refractivity (Wildman–Crippen MR) is 81.0 cm³/mol. The van der Waals surface area contributed by atoms with E-state index < -0.39 is 0 Å². The lowest BCUT2D eigenvalue weighted by atomic mass is 10.0. The monoisotopic (exact) mass is 286 g/mol. The Morgan fingerprint density at radius 2 is 1.95 bits per heavy atom. The number of hydrogen-bond donors (Lipinski definition) is 2. The van der Waals surface area contributed by atoms with Crippen molar-refractivity contribution in [3.63, 3.8) is 0 Å². The Bertz CT molecular complexity index is 351. The van der Waals surface area contributed by atoms with E-state index in [1.807, 2.05) is 4.68 Å². The van der Waals surface area contributed by atoms with Crippen LogP contribution in [0.3, 0.4) is 0 Å². The van der Waals surface area contributed by atoms with Gasteiger partial charge in [0.25, 0.3) is 0 Å². The van der Waals surface area contributed by atoms with Crippen molar-refractivity contribution >= 4 is 11.6 Å². The lowest BCUT2D eigenvalue weighted by Gasteiger charge is -2.17. The second-order valence-corrected chi connectivity index (χ2v) is 5.38. The minimum atomic E-state index is 0.0983. The third-order valence-corrected chi connectivity index (χ3v) is 3.80. The van der Waals surface area contributed by atoms with Crippen LogP contribution < -0.4 is 11.3 Å². The van der Waals surface area contributed by atoms with Crippen molar-refractivity contribution in [2.24, 2.45) is 5.84 Å². The molecule has 5 heteroatoms. The molecule has 0 saturated heterocycles. The molecule has 1 unspecified atom stereocenters. The molecule has 0 radical (unpaired) electrons. The summed E-state index contributed by atoms with van der Waals surface area (Å²) in [5, 5.41) is 4.97. The Morgan fingerprint density at radius 1 is 1.26 bits per heavy atom. The Labute approximate surface area is 121 Å². The molecule has 1 heterocycles. The highest BCUT2D eigenvalue weighted by Crippen LogP contribution is 2.26. The van der Waals surface area contributed by atoms with E-state index >= 15 is 0 Å². The van der Waals surface area contributed by atoms with Gasteiger partial charge in [0.05, 0.1) is 23.0 Å². The molecule has 0 aromatic carbocycles. The summed E-state index contributed by atoms with van der Waals surface area (Å²) in [5.41, 5.74) is 3.89. The number of halogens is 1. The van der Waals surface area contributed by atoms with E-state index in [0.717, 1.165) is 18.7 Å². The maximum absolute atomic E-state index is 6.20. The number of nitrogens with one attached hydrogen (secondary N) is 1. The van der Waals surface area contributed by atoms with Gasteiger partial charge in [-0.25, -0.2) is 0 Å². The average molecular weight is 287 g/mol. The maximum atomic E-state index is 6.20. The van der Waals surface area contributed by atoms with Gasteiger partial charge in [-0.05, 0) is 13.3 Å². The van der Waals surface area contributed by atoms with Gasteiger partial charge >= 0.3 is 0 Å². The van der Waals surface area contributed by atoms with Crippen molar-refractivity contribution in [3.05, 3.63) is 16.9 Å². The molecule has 0 aliphatic rings. The maximum Gasteiger partial charge on any atom is 0.0834 e. The minimum Gasteiger partial charge on any atom is -0.271 e. The van der Waals surface area contributed by atoms with Crippen LogP contribution in [0.5, 0.6) is 0 Å². The Morgan fingerprint density at radius 3 is 2.58 bits per heavy atom. The van der Waals surface area contributed by atoms with E-state index in [4.69, 9.17) is 17.4 Å². The molecule has 0 spiro atoms. The van der Waals surface area contributed by atoms with Gasteiger partial charge in [0.15, 0.2) is 0 Å². The number of rotatable bonds is 10. The van der Waals surface area contributed by atoms with Crippen LogP contribution in [-0.2, 0) is 6.54 Å². The average Bonchev–Trinajstić information content (AvgIpc) is 2.79. The molecular formula is C14H27ClN4.